The molecule has 4 nitrogen and oxygen atoms in total. The van der Waals surface area contributed by atoms with Gasteiger partial charge in [0.05, 0.1) is 0 Å². The molecule has 4 heteroatoms. The quantitative estimate of drug-likeness (QED) is 0.819. The highest BCUT2D eigenvalue weighted by Crippen LogP contribution is 2.34. The Morgan fingerprint density at radius 1 is 1.19 bits per heavy atom. The average Bonchev–Trinajstić information content (AvgIpc) is 2.77. The summed E-state index contributed by atoms with van der Waals surface area (Å²) < 4.78 is 5.36. The van der Waals surface area contributed by atoms with Crippen molar-refractivity contribution in [3.8, 4) is 0 Å². The minimum Gasteiger partial charge on any atom is -0.381 e. The summed E-state index contributed by atoms with van der Waals surface area (Å²) in [5.74, 6) is 1.33. The van der Waals surface area contributed by atoms with E-state index in [1.54, 1.807) is 0 Å². The molecule has 0 unspecified atom stereocenters. The number of hydrogen-bond donors (Lipinski definition) is 2. The summed E-state index contributed by atoms with van der Waals surface area (Å²) in [4.78, 5) is 12.1. The van der Waals surface area contributed by atoms with E-state index >= 15 is 0 Å². The molecule has 0 saturated carbocycles. The Hall–Kier alpha value is -0.610. The van der Waals surface area contributed by atoms with Crippen LogP contribution in [-0.4, -0.2) is 36.7 Å². The van der Waals surface area contributed by atoms with E-state index in [1.165, 1.54) is 0 Å². The molecule has 2 N–H and O–H groups in total. The van der Waals surface area contributed by atoms with Gasteiger partial charge < -0.3 is 15.4 Å². The minimum atomic E-state index is 0.119. The van der Waals surface area contributed by atoms with Crippen LogP contribution in [0.15, 0.2) is 0 Å². The van der Waals surface area contributed by atoms with Gasteiger partial charge in [0.1, 0.15) is 0 Å². The molecule has 0 aromatic rings. The van der Waals surface area contributed by atoms with Gasteiger partial charge in [-0.05, 0) is 65.2 Å². The van der Waals surface area contributed by atoms with E-state index < -0.39 is 0 Å². The van der Waals surface area contributed by atoms with E-state index in [0.29, 0.717) is 18.3 Å². The fourth-order valence-electron chi connectivity index (χ4n) is 4.24. The molecule has 21 heavy (non-hydrogen) atoms. The van der Waals surface area contributed by atoms with E-state index in [-0.39, 0.29) is 17.0 Å². The maximum atomic E-state index is 12.1. The van der Waals surface area contributed by atoms with Crippen LogP contribution in [0.1, 0.15) is 59.8 Å². The lowest BCUT2D eigenvalue weighted by atomic mass is 9.74. The van der Waals surface area contributed by atoms with Gasteiger partial charge in [0.2, 0.25) is 5.91 Å². The molecule has 0 bridgehead atoms. The van der Waals surface area contributed by atoms with Crippen LogP contribution in [0, 0.1) is 11.8 Å². The van der Waals surface area contributed by atoms with Crippen molar-refractivity contribution in [3.63, 3.8) is 0 Å². The Labute approximate surface area is 129 Å². The van der Waals surface area contributed by atoms with Crippen molar-refractivity contribution in [2.75, 3.05) is 19.8 Å². The Morgan fingerprint density at radius 2 is 1.86 bits per heavy atom. The van der Waals surface area contributed by atoms with Gasteiger partial charge >= 0.3 is 0 Å². The zero-order valence-electron chi connectivity index (χ0n) is 14.1. The highest BCUT2D eigenvalue weighted by atomic mass is 16.5. The van der Waals surface area contributed by atoms with Gasteiger partial charge in [-0.2, -0.15) is 0 Å². The molecule has 0 radical (unpaired) electrons. The molecular weight excluding hydrogens is 264 g/mol. The van der Waals surface area contributed by atoms with E-state index in [1.807, 2.05) is 0 Å². The number of piperidine rings is 1. The average molecular weight is 296 g/mol. The second-order valence-electron chi connectivity index (χ2n) is 8.24. The monoisotopic (exact) mass is 296 g/mol. The number of nitrogens with one attached hydrogen (secondary N) is 2. The number of ether oxygens (including phenoxy) is 1. The number of hydrogen-bond acceptors (Lipinski definition) is 3. The van der Waals surface area contributed by atoms with Crippen LogP contribution in [-0.2, 0) is 9.53 Å². The standard InChI is InChI=1S/C17H32N2O2/c1-16(2)10-14(11-17(3,4)19-16)9-15(20)18-7-5-13-6-8-21-12-13/h13-14,19H,5-12H2,1-4H3,(H,18,20)/t13-/m0/s1. The molecule has 2 aliphatic heterocycles. The summed E-state index contributed by atoms with van der Waals surface area (Å²) >= 11 is 0. The van der Waals surface area contributed by atoms with Crippen LogP contribution in [0.25, 0.3) is 0 Å². The first kappa shape index (κ1) is 16.8. The third-order valence-electron chi connectivity index (χ3n) is 4.65. The number of rotatable bonds is 5. The number of carbonyl (C=O) groups excluding carboxylic acids is 1. The van der Waals surface area contributed by atoms with Crippen LogP contribution >= 0.6 is 0 Å². The lowest BCUT2D eigenvalue weighted by Gasteiger charge is -2.46. The fraction of sp³-hybridized carbons (Fsp3) is 0.941. The summed E-state index contributed by atoms with van der Waals surface area (Å²) in [5.41, 5.74) is 0.238. The van der Waals surface area contributed by atoms with Crippen molar-refractivity contribution < 1.29 is 9.53 Å². The van der Waals surface area contributed by atoms with Gasteiger partial charge in [-0.15, -0.1) is 0 Å². The molecule has 2 aliphatic rings. The predicted molar refractivity (Wildman–Crippen MR) is 85.2 cm³/mol. The van der Waals surface area contributed by atoms with Crippen LogP contribution in [0.4, 0.5) is 0 Å². The third-order valence-corrected chi connectivity index (χ3v) is 4.65. The first-order valence-corrected chi connectivity index (χ1v) is 8.40. The summed E-state index contributed by atoms with van der Waals surface area (Å²) in [6.07, 6.45) is 5.00. The van der Waals surface area contributed by atoms with E-state index in [9.17, 15) is 4.79 Å². The zero-order valence-corrected chi connectivity index (χ0v) is 14.1. The fourth-order valence-corrected chi connectivity index (χ4v) is 4.24. The maximum absolute atomic E-state index is 12.1. The van der Waals surface area contributed by atoms with Gasteiger partial charge in [-0.25, -0.2) is 0 Å². The summed E-state index contributed by atoms with van der Waals surface area (Å²) in [5, 5.41) is 6.77. The van der Waals surface area contributed by atoms with Crippen LogP contribution in [0.2, 0.25) is 0 Å². The molecular formula is C17H32N2O2. The molecule has 2 fully saturated rings. The van der Waals surface area contributed by atoms with Crippen molar-refractivity contribution in [2.45, 2.75) is 70.9 Å². The maximum Gasteiger partial charge on any atom is 0.220 e. The first-order valence-electron chi connectivity index (χ1n) is 8.40. The Morgan fingerprint density at radius 3 is 2.43 bits per heavy atom. The van der Waals surface area contributed by atoms with Crippen molar-refractivity contribution in [3.05, 3.63) is 0 Å². The molecule has 0 spiro atoms. The van der Waals surface area contributed by atoms with Gasteiger partial charge in [0.25, 0.3) is 0 Å². The largest absolute Gasteiger partial charge is 0.381 e. The minimum absolute atomic E-state index is 0.119. The van der Waals surface area contributed by atoms with Gasteiger partial charge in [0.15, 0.2) is 0 Å². The SMILES string of the molecule is CC1(C)CC(CC(=O)NCC[C@H]2CCOC2)CC(C)(C)N1. The van der Waals surface area contributed by atoms with Gasteiger partial charge in [-0.1, -0.05) is 0 Å². The van der Waals surface area contributed by atoms with Crippen molar-refractivity contribution in [1.82, 2.24) is 10.6 Å². The van der Waals surface area contributed by atoms with Crippen molar-refractivity contribution in [1.29, 1.82) is 0 Å². The molecule has 2 rings (SSSR count). The van der Waals surface area contributed by atoms with Crippen molar-refractivity contribution >= 4 is 5.91 Å². The highest BCUT2D eigenvalue weighted by Gasteiger charge is 2.38. The molecule has 0 aromatic carbocycles. The van der Waals surface area contributed by atoms with Crippen LogP contribution < -0.4 is 10.6 Å². The van der Waals surface area contributed by atoms with Gasteiger partial charge in [0, 0.05) is 37.3 Å². The van der Waals surface area contributed by atoms with E-state index in [2.05, 4.69) is 38.3 Å². The van der Waals surface area contributed by atoms with Crippen LogP contribution in [0.3, 0.4) is 0 Å². The third kappa shape index (κ3) is 5.59. The predicted octanol–water partition coefficient (Wildman–Crippen LogP) is 2.48. The summed E-state index contributed by atoms with van der Waals surface area (Å²) in [7, 11) is 0. The molecule has 122 valence electrons. The van der Waals surface area contributed by atoms with Crippen LogP contribution in [0.5, 0.6) is 0 Å². The second kappa shape index (κ2) is 6.66. The Balaban J connectivity index is 1.71. The van der Waals surface area contributed by atoms with Crippen molar-refractivity contribution in [2.24, 2.45) is 11.8 Å². The molecule has 1 amide bonds. The number of carbonyl (C=O) groups is 1. The first-order chi connectivity index (χ1) is 9.76. The molecule has 1 atom stereocenters. The Bertz CT molecular complexity index is 344. The topological polar surface area (TPSA) is 50.4 Å². The highest BCUT2D eigenvalue weighted by molar-refractivity contribution is 5.76. The van der Waals surface area contributed by atoms with E-state index in [0.717, 1.165) is 45.4 Å². The molecule has 0 aliphatic carbocycles. The normalized spacial score (nSPS) is 28.5. The number of amides is 1. The van der Waals surface area contributed by atoms with E-state index in [4.69, 9.17) is 4.74 Å². The van der Waals surface area contributed by atoms with Gasteiger partial charge in [-0.3, -0.25) is 4.79 Å². The zero-order chi connectivity index (χ0) is 15.5. The Kier molecular flexibility index (Phi) is 5.31. The molecule has 2 heterocycles. The summed E-state index contributed by atoms with van der Waals surface area (Å²) in [6, 6.07) is 0. The lowest BCUT2D eigenvalue weighted by Crippen LogP contribution is -2.58. The molecule has 2 saturated heterocycles. The second-order valence-corrected chi connectivity index (χ2v) is 8.24. The molecule has 0 aromatic heterocycles. The summed E-state index contributed by atoms with van der Waals surface area (Å²) in [6.45, 7) is 11.5. The smallest absolute Gasteiger partial charge is 0.220 e. The lowest BCUT2D eigenvalue weighted by molar-refractivity contribution is -0.122.